The Hall–Kier alpha value is -3.83. The molecule has 0 aliphatic rings. The van der Waals surface area contributed by atoms with Crippen LogP contribution in [0.4, 0.5) is 0 Å². The van der Waals surface area contributed by atoms with Gasteiger partial charge in [0.15, 0.2) is 6.61 Å². The summed E-state index contributed by atoms with van der Waals surface area (Å²) in [5, 5.41) is 5.57. The Bertz CT molecular complexity index is 1320. The van der Waals surface area contributed by atoms with E-state index < -0.39 is 6.04 Å². The van der Waals surface area contributed by atoms with Crippen molar-refractivity contribution in [3.05, 3.63) is 113 Å². The Morgan fingerprint density at radius 2 is 1.57 bits per heavy atom. The van der Waals surface area contributed by atoms with Gasteiger partial charge in [-0.15, -0.1) is 0 Å². The molecule has 4 aromatic carbocycles. The highest BCUT2D eigenvalue weighted by molar-refractivity contribution is 6.30. The van der Waals surface area contributed by atoms with Gasteiger partial charge in [0.05, 0.1) is 0 Å². The number of hydrogen-bond acceptors (Lipinski definition) is 3. The number of halogens is 1. The van der Waals surface area contributed by atoms with Crippen LogP contribution in [0.15, 0.2) is 97.1 Å². The first-order valence-electron chi connectivity index (χ1n) is 12.5. The second kappa shape index (κ2) is 12.9. The zero-order valence-electron chi connectivity index (χ0n) is 20.9. The fraction of sp³-hybridized carbons (Fsp3) is 0.226. The number of fused-ring (bicyclic) bond motifs is 1. The van der Waals surface area contributed by atoms with Crippen LogP contribution in [-0.4, -0.2) is 35.9 Å². The molecule has 0 aromatic heterocycles. The topological polar surface area (TPSA) is 58.6 Å². The molecule has 4 rings (SSSR count). The van der Waals surface area contributed by atoms with Gasteiger partial charge in [0.25, 0.3) is 5.91 Å². The van der Waals surface area contributed by atoms with E-state index in [0.717, 1.165) is 28.3 Å². The standard InChI is InChI=1S/C31H31ClN2O3/c1-2-19-33-31(36)28(20-23-9-4-3-5-10-23)34(21-24-15-17-26(32)18-16-24)30(35)22-37-29-14-8-12-25-11-6-7-13-27(25)29/h3-18,28H,2,19-22H2,1H3,(H,33,36)/t28-/m0/s1. The van der Waals surface area contributed by atoms with Crippen molar-refractivity contribution in [1.29, 1.82) is 0 Å². The Balaban J connectivity index is 1.62. The highest BCUT2D eigenvalue weighted by Crippen LogP contribution is 2.25. The number of hydrogen-bond donors (Lipinski definition) is 1. The normalized spacial score (nSPS) is 11.6. The van der Waals surface area contributed by atoms with Crippen molar-refractivity contribution in [3.63, 3.8) is 0 Å². The summed E-state index contributed by atoms with van der Waals surface area (Å²) in [5.41, 5.74) is 1.85. The number of carbonyl (C=O) groups is 2. The van der Waals surface area contributed by atoms with Crippen LogP contribution in [0.1, 0.15) is 24.5 Å². The van der Waals surface area contributed by atoms with Crippen LogP contribution in [-0.2, 0) is 22.6 Å². The van der Waals surface area contributed by atoms with Gasteiger partial charge in [-0.25, -0.2) is 0 Å². The third-order valence-electron chi connectivity index (χ3n) is 6.19. The van der Waals surface area contributed by atoms with Crippen molar-refractivity contribution in [2.24, 2.45) is 0 Å². The molecule has 1 atom stereocenters. The largest absolute Gasteiger partial charge is 0.483 e. The number of carbonyl (C=O) groups excluding carboxylic acids is 2. The molecule has 5 nitrogen and oxygen atoms in total. The average molecular weight is 515 g/mol. The number of nitrogens with zero attached hydrogens (tertiary/aromatic N) is 1. The molecule has 0 spiro atoms. The minimum Gasteiger partial charge on any atom is -0.483 e. The smallest absolute Gasteiger partial charge is 0.261 e. The first kappa shape index (κ1) is 26.2. The fourth-order valence-corrected chi connectivity index (χ4v) is 4.38. The summed E-state index contributed by atoms with van der Waals surface area (Å²) >= 11 is 6.09. The minimum atomic E-state index is -0.701. The molecule has 0 saturated carbocycles. The molecule has 37 heavy (non-hydrogen) atoms. The first-order valence-corrected chi connectivity index (χ1v) is 12.9. The Morgan fingerprint density at radius 3 is 2.32 bits per heavy atom. The third-order valence-corrected chi connectivity index (χ3v) is 6.44. The molecule has 2 amide bonds. The van der Waals surface area contributed by atoms with Crippen LogP contribution in [0.3, 0.4) is 0 Å². The summed E-state index contributed by atoms with van der Waals surface area (Å²) in [6, 6.07) is 30.0. The molecule has 0 unspecified atom stereocenters. The second-order valence-electron chi connectivity index (χ2n) is 8.91. The lowest BCUT2D eigenvalue weighted by Crippen LogP contribution is -2.51. The maximum Gasteiger partial charge on any atom is 0.261 e. The Morgan fingerprint density at radius 1 is 0.865 bits per heavy atom. The van der Waals surface area contributed by atoms with E-state index in [2.05, 4.69) is 5.32 Å². The maximum absolute atomic E-state index is 13.7. The van der Waals surface area contributed by atoms with E-state index >= 15 is 0 Å². The molecule has 0 saturated heterocycles. The predicted octanol–water partition coefficient (Wildman–Crippen LogP) is 6.04. The highest BCUT2D eigenvalue weighted by Gasteiger charge is 2.30. The van der Waals surface area contributed by atoms with E-state index in [1.807, 2.05) is 91.9 Å². The van der Waals surface area contributed by atoms with E-state index in [1.165, 1.54) is 0 Å². The lowest BCUT2D eigenvalue weighted by Gasteiger charge is -2.31. The molecule has 0 radical (unpaired) electrons. The maximum atomic E-state index is 13.7. The number of nitrogens with one attached hydrogen (secondary N) is 1. The van der Waals surface area contributed by atoms with Crippen LogP contribution in [0.2, 0.25) is 5.02 Å². The van der Waals surface area contributed by atoms with Crippen molar-refractivity contribution >= 4 is 34.2 Å². The van der Waals surface area contributed by atoms with Gasteiger partial charge in [-0.1, -0.05) is 97.4 Å². The molecule has 0 aliphatic heterocycles. The van der Waals surface area contributed by atoms with Gasteiger partial charge >= 0.3 is 0 Å². The summed E-state index contributed by atoms with van der Waals surface area (Å²) in [4.78, 5) is 28.7. The van der Waals surface area contributed by atoms with E-state index in [4.69, 9.17) is 16.3 Å². The van der Waals surface area contributed by atoms with Gasteiger partial charge in [-0.05, 0) is 41.1 Å². The second-order valence-corrected chi connectivity index (χ2v) is 9.35. The molecular formula is C31H31ClN2O3. The Kier molecular flexibility index (Phi) is 9.17. The molecule has 190 valence electrons. The van der Waals surface area contributed by atoms with E-state index in [-0.39, 0.29) is 25.0 Å². The van der Waals surface area contributed by atoms with E-state index in [0.29, 0.717) is 23.7 Å². The quantitative estimate of drug-likeness (QED) is 0.265. The molecule has 1 N–H and O–H groups in total. The van der Waals surface area contributed by atoms with Crippen LogP contribution in [0, 0.1) is 0 Å². The van der Waals surface area contributed by atoms with Gasteiger partial charge in [0.1, 0.15) is 11.8 Å². The van der Waals surface area contributed by atoms with Crippen molar-refractivity contribution < 1.29 is 14.3 Å². The lowest BCUT2D eigenvalue weighted by molar-refractivity contribution is -0.142. The summed E-state index contributed by atoms with van der Waals surface area (Å²) in [6.45, 7) is 2.61. The highest BCUT2D eigenvalue weighted by atomic mass is 35.5. The zero-order chi connectivity index (χ0) is 26.0. The monoisotopic (exact) mass is 514 g/mol. The van der Waals surface area contributed by atoms with Gasteiger partial charge in [-0.2, -0.15) is 0 Å². The van der Waals surface area contributed by atoms with Crippen molar-refractivity contribution in [2.45, 2.75) is 32.4 Å². The fourth-order valence-electron chi connectivity index (χ4n) is 4.25. The number of benzene rings is 4. The lowest BCUT2D eigenvalue weighted by atomic mass is 10.0. The van der Waals surface area contributed by atoms with Crippen LogP contribution in [0.5, 0.6) is 5.75 Å². The number of amides is 2. The molecule has 6 heteroatoms. The molecule has 0 aliphatic carbocycles. The first-order chi connectivity index (χ1) is 18.0. The van der Waals surface area contributed by atoms with Gasteiger partial charge in [0.2, 0.25) is 5.91 Å². The summed E-state index contributed by atoms with van der Waals surface area (Å²) in [6.07, 6.45) is 1.20. The van der Waals surface area contributed by atoms with Crippen molar-refractivity contribution in [1.82, 2.24) is 10.2 Å². The van der Waals surface area contributed by atoms with Crippen molar-refractivity contribution in [2.75, 3.05) is 13.2 Å². The van der Waals surface area contributed by atoms with Crippen LogP contribution >= 0.6 is 11.6 Å². The summed E-state index contributed by atoms with van der Waals surface area (Å²) in [7, 11) is 0. The Labute approximate surface area is 223 Å². The molecule has 0 bridgehead atoms. The average Bonchev–Trinajstić information content (AvgIpc) is 2.93. The summed E-state index contributed by atoms with van der Waals surface area (Å²) in [5.74, 6) is 0.182. The molecular weight excluding hydrogens is 484 g/mol. The predicted molar refractivity (Wildman–Crippen MR) is 149 cm³/mol. The van der Waals surface area contributed by atoms with Gasteiger partial charge in [0, 0.05) is 29.9 Å². The number of ether oxygens (including phenoxy) is 1. The van der Waals surface area contributed by atoms with Crippen LogP contribution in [0.25, 0.3) is 10.8 Å². The van der Waals surface area contributed by atoms with E-state index in [9.17, 15) is 9.59 Å². The van der Waals surface area contributed by atoms with Gasteiger partial charge < -0.3 is 15.0 Å². The number of rotatable bonds is 11. The zero-order valence-corrected chi connectivity index (χ0v) is 21.7. The molecule has 4 aromatic rings. The van der Waals surface area contributed by atoms with Crippen molar-refractivity contribution in [3.8, 4) is 5.75 Å². The molecule has 0 fully saturated rings. The van der Waals surface area contributed by atoms with E-state index in [1.54, 1.807) is 17.0 Å². The SMILES string of the molecule is CCCNC(=O)[C@H](Cc1ccccc1)N(Cc1ccc(Cl)cc1)C(=O)COc1cccc2ccccc12. The third kappa shape index (κ3) is 7.11. The minimum absolute atomic E-state index is 0.182. The van der Waals surface area contributed by atoms with Crippen LogP contribution < -0.4 is 10.1 Å². The molecule has 0 heterocycles. The summed E-state index contributed by atoms with van der Waals surface area (Å²) < 4.78 is 6.04. The van der Waals surface area contributed by atoms with Gasteiger partial charge in [-0.3, -0.25) is 9.59 Å².